The van der Waals surface area contributed by atoms with Gasteiger partial charge in [-0.2, -0.15) is 0 Å². The molecule has 1 aliphatic heterocycles. The van der Waals surface area contributed by atoms with Crippen molar-refractivity contribution in [2.75, 3.05) is 26.8 Å². The molecule has 0 bridgehead atoms. The lowest BCUT2D eigenvalue weighted by atomic mass is 10.1. The van der Waals surface area contributed by atoms with Crippen molar-refractivity contribution in [3.8, 4) is 0 Å². The van der Waals surface area contributed by atoms with Gasteiger partial charge in [0.25, 0.3) is 5.91 Å². The molecule has 1 aliphatic rings. The Kier molecular flexibility index (Phi) is 4.00. The second kappa shape index (κ2) is 5.29. The number of halogens is 1. The van der Waals surface area contributed by atoms with E-state index in [2.05, 4.69) is 15.9 Å². The van der Waals surface area contributed by atoms with Crippen LogP contribution in [0.5, 0.6) is 0 Å². The number of nitrogens with zero attached hydrogens (tertiary/aromatic N) is 1. The number of ether oxygens (including phenoxy) is 1. The van der Waals surface area contributed by atoms with Gasteiger partial charge in [-0.1, -0.05) is 0 Å². The van der Waals surface area contributed by atoms with E-state index in [1.54, 1.807) is 18.4 Å². The Balaban J connectivity index is 1.97. The number of amides is 1. The topological polar surface area (TPSA) is 29.5 Å². The van der Waals surface area contributed by atoms with E-state index in [1.165, 1.54) is 0 Å². The fraction of sp³-hybridized carbons (Fsp3) is 0.545. The number of likely N-dealkylation sites (tertiary alicyclic amines) is 1. The molecule has 0 aromatic carbocycles. The van der Waals surface area contributed by atoms with Gasteiger partial charge < -0.3 is 9.64 Å². The molecule has 0 aliphatic carbocycles. The molecule has 0 spiro atoms. The fourth-order valence-corrected chi connectivity index (χ4v) is 3.12. The van der Waals surface area contributed by atoms with Crippen LogP contribution in [0.15, 0.2) is 15.2 Å². The summed E-state index contributed by atoms with van der Waals surface area (Å²) < 4.78 is 6.12. The van der Waals surface area contributed by atoms with Gasteiger partial charge in [0.1, 0.15) is 0 Å². The van der Waals surface area contributed by atoms with Crippen LogP contribution in [0, 0.1) is 5.92 Å². The van der Waals surface area contributed by atoms with Crippen LogP contribution < -0.4 is 0 Å². The molecular formula is C11H14BrNO2S. The molecule has 1 atom stereocenters. The molecule has 2 heterocycles. The lowest BCUT2D eigenvalue weighted by Crippen LogP contribution is -2.28. The van der Waals surface area contributed by atoms with Gasteiger partial charge in [0, 0.05) is 31.5 Å². The van der Waals surface area contributed by atoms with Gasteiger partial charge in [0.2, 0.25) is 0 Å². The number of methoxy groups -OCH3 is 1. The van der Waals surface area contributed by atoms with E-state index < -0.39 is 0 Å². The van der Waals surface area contributed by atoms with E-state index in [0.717, 1.165) is 35.5 Å². The Morgan fingerprint density at radius 2 is 2.56 bits per heavy atom. The van der Waals surface area contributed by atoms with Gasteiger partial charge in [0.05, 0.1) is 16.0 Å². The summed E-state index contributed by atoms with van der Waals surface area (Å²) in [6, 6.07) is 1.89. The lowest BCUT2D eigenvalue weighted by molar-refractivity contribution is 0.0776. The normalized spacial score (nSPS) is 20.4. The molecule has 1 amide bonds. The molecule has 88 valence electrons. The predicted octanol–water partition coefficient (Wildman–Crippen LogP) is 2.62. The minimum absolute atomic E-state index is 0.139. The van der Waals surface area contributed by atoms with Crippen LogP contribution in [0.25, 0.3) is 0 Å². The molecule has 1 saturated heterocycles. The van der Waals surface area contributed by atoms with E-state index in [0.29, 0.717) is 5.92 Å². The molecule has 0 saturated carbocycles. The van der Waals surface area contributed by atoms with Crippen LogP contribution in [-0.4, -0.2) is 37.6 Å². The smallest absolute Gasteiger partial charge is 0.254 e. The average Bonchev–Trinajstić information content (AvgIpc) is 2.87. The Morgan fingerprint density at radius 3 is 3.19 bits per heavy atom. The van der Waals surface area contributed by atoms with Crippen LogP contribution >= 0.6 is 27.3 Å². The molecule has 1 aromatic heterocycles. The van der Waals surface area contributed by atoms with E-state index in [4.69, 9.17) is 4.74 Å². The number of hydrogen-bond acceptors (Lipinski definition) is 3. The minimum atomic E-state index is 0.139. The lowest BCUT2D eigenvalue weighted by Gasteiger charge is -2.15. The summed E-state index contributed by atoms with van der Waals surface area (Å²) >= 11 is 4.92. The Bertz CT molecular complexity index is 380. The first-order chi connectivity index (χ1) is 7.70. The standard InChI is InChI=1S/C11H14BrNO2S/c1-15-6-8-2-3-13(5-8)11(14)9-4-10(12)16-7-9/h4,7-8H,2-3,5-6H2,1H3. The number of rotatable bonds is 3. The summed E-state index contributed by atoms with van der Waals surface area (Å²) in [4.78, 5) is 14.0. The van der Waals surface area contributed by atoms with Crippen molar-refractivity contribution in [2.24, 2.45) is 5.92 Å². The molecule has 1 unspecified atom stereocenters. The Hall–Kier alpha value is -0.390. The predicted molar refractivity (Wildman–Crippen MR) is 67.9 cm³/mol. The molecule has 5 heteroatoms. The molecule has 1 aromatic rings. The van der Waals surface area contributed by atoms with Crippen LogP contribution in [0.1, 0.15) is 16.8 Å². The highest BCUT2D eigenvalue weighted by Crippen LogP contribution is 2.24. The van der Waals surface area contributed by atoms with Crippen molar-refractivity contribution in [1.29, 1.82) is 0 Å². The SMILES string of the molecule is COCC1CCN(C(=O)c2csc(Br)c2)C1. The third-order valence-electron chi connectivity index (χ3n) is 2.79. The number of thiophene rings is 1. The van der Waals surface area contributed by atoms with Gasteiger partial charge in [-0.05, 0) is 28.4 Å². The van der Waals surface area contributed by atoms with Gasteiger partial charge in [-0.15, -0.1) is 11.3 Å². The summed E-state index contributed by atoms with van der Waals surface area (Å²) in [5.41, 5.74) is 0.787. The monoisotopic (exact) mass is 303 g/mol. The first-order valence-electron chi connectivity index (χ1n) is 5.23. The number of hydrogen-bond donors (Lipinski definition) is 0. The highest BCUT2D eigenvalue weighted by molar-refractivity contribution is 9.11. The third-order valence-corrected chi connectivity index (χ3v) is 4.29. The van der Waals surface area contributed by atoms with Gasteiger partial charge in [-0.25, -0.2) is 0 Å². The highest BCUT2D eigenvalue weighted by atomic mass is 79.9. The van der Waals surface area contributed by atoms with Crippen molar-refractivity contribution in [2.45, 2.75) is 6.42 Å². The van der Waals surface area contributed by atoms with Gasteiger partial charge in [0.15, 0.2) is 0 Å². The maximum atomic E-state index is 12.1. The largest absolute Gasteiger partial charge is 0.384 e. The maximum absolute atomic E-state index is 12.1. The zero-order chi connectivity index (χ0) is 11.5. The highest BCUT2D eigenvalue weighted by Gasteiger charge is 2.27. The van der Waals surface area contributed by atoms with Crippen molar-refractivity contribution in [3.05, 3.63) is 20.8 Å². The van der Waals surface area contributed by atoms with Gasteiger partial charge >= 0.3 is 0 Å². The van der Waals surface area contributed by atoms with Crippen molar-refractivity contribution >= 4 is 33.2 Å². The van der Waals surface area contributed by atoms with Crippen LogP contribution in [0.3, 0.4) is 0 Å². The summed E-state index contributed by atoms with van der Waals surface area (Å²) in [6.45, 7) is 2.41. The molecule has 0 N–H and O–H groups in total. The molecule has 2 rings (SSSR count). The summed E-state index contributed by atoms with van der Waals surface area (Å²) in [5.74, 6) is 0.636. The molecule has 0 radical (unpaired) electrons. The van der Waals surface area contributed by atoms with E-state index in [9.17, 15) is 4.79 Å². The quantitative estimate of drug-likeness (QED) is 0.859. The number of carbonyl (C=O) groups excluding carboxylic acids is 1. The fourth-order valence-electron chi connectivity index (χ4n) is 1.99. The van der Waals surface area contributed by atoms with E-state index in [1.807, 2.05) is 16.3 Å². The molecule has 16 heavy (non-hydrogen) atoms. The first-order valence-corrected chi connectivity index (χ1v) is 6.90. The summed E-state index contributed by atoms with van der Waals surface area (Å²) in [6.07, 6.45) is 1.05. The molecular weight excluding hydrogens is 290 g/mol. The van der Waals surface area contributed by atoms with Crippen LogP contribution in [0.4, 0.5) is 0 Å². The second-order valence-electron chi connectivity index (χ2n) is 4.00. The Morgan fingerprint density at radius 1 is 1.75 bits per heavy atom. The molecule has 3 nitrogen and oxygen atoms in total. The van der Waals surface area contributed by atoms with Crippen LogP contribution in [-0.2, 0) is 4.74 Å². The first kappa shape index (κ1) is 12.1. The summed E-state index contributed by atoms with van der Waals surface area (Å²) in [7, 11) is 1.71. The van der Waals surface area contributed by atoms with E-state index in [-0.39, 0.29) is 5.91 Å². The van der Waals surface area contributed by atoms with Gasteiger partial charge in [-0.3, -0.25) is 4.79 Å². The van der Waals surface area contributed by atoms with Crippen molar-refractivity contribution in [3.63, 3.8) is 0 Å². The Labute approximate surface area is 108 Å². The average molecular weight is 304 g/mol. The minimum Gasteiger partial charge on any atom is -0.384 e. The van der Waals surface area contributed by atoms with Crippen molar-refractivity contribution in [1.82, 2.24) is 4.90 Å². The molecule has 1 fully saturated rings. The number of carbonyl (C=O) groups is 1. The van der Waals surface area contributed by atoms with Crippen molar-refractivity contribution < 1.29 is 9.53 Å². The zero-order valence-corrected chi connectivity index (χ0v) is 11.5. The van der Waals surface area contributed by atoms with E-state index >= 15 is 0 Å². The van der Waals surface area contributed by atoms with Crippen LogP contribution in [0.2, 0.25) is 0 Å². The second-order valence-corrected chi connectivity index (χ2v) is 6.29. The zero-order valence-electron chi connectivity index (χ0n) is 9.11. The summed E-state index contributed by atoms with van der Waals surface area (Å²) in [5, 5.41) is 1.90. The maximum Gasteiger partial charge on any atom is 0.254 e. The third kappa shape index (κ3) is 2.64.